The lowest BCUT2D eigenvalue weighted by Gasteiger charge is -2.06. The van der Waals surface area contributed by atoms with Gasteiger partial charge in [0.2, 0.25) is 0 Å². The number of hydrogen-bond acceptors (Lipinski definition) is 3. The van der Waals surface area contributed by atoms with E-state index in [9.17, 15) is 4.79 Å². The normalized spacial score (nSPS) is 10.3. The summed E-state index contributed by atoms with van der Waals surface area (Å²) >= 11 is 3.29. The molecule has 3 N–H and O–H groups in total. The zero-order valence-electron chi connectivity index (χ0n) is 9.64. The Balaban J connectivity index is 1.89. The van der Waals surface area contributed by atoms with Gasteiger partial charge >= 0.3 is 0 Å². The number of aromatic nitrogens is 2. The van der Waals surface area contributed by atoms with E-state index in [1.54, 1.807) is 29.1 Å². The monoisotopic (exact) mass is 308 g/mol. The molecule has 1 heterocycles. The standard InChI is InChI=1S/C12H13BrN4O/c13-10-8-9(2-3-11(10)14)12(18)15-5-7-17-6-1-4-16-17/h1-4,6,8H,5,7,14H2,(H,15,18). The predicted octanol–water partition coefficient (Wildman–Crippen LogP) is 1.66. The van der Waals surface area contributed by atoms with Gasteiger partial charge < -0.3 is 11.1 Å². The number of nitrogens with zero attached hydrogens (tertiary/aromatic N) is 2. The molecule has 1 aromatic carbocycles. The molecular weight excluding hydrogens is 296 g/mol. The maximum Gasteiger partial charge on any atom is 0.251 e. The van der Waals surface area contributed by atoms with Crippen molar-refractivity contribution in [1.82, 2.24) is 15.1 Å². The summed E-state index contributed by atoms with van der Waals surface area (Å²) in [5.41, 5.74) is 6.86. The summed E-state index contributed by atoms with van der Waals surface area (Å²) in [6, 6.07) is 6.95. The first kappa shape index (κ1) is 12.6. The van der Waals surface area contributed by atoms with Gasteiger partial charge in [-0.25, -0.2) is 0 Å². The van der Waals surface area contributed by atoms with E-state index < -0.39 is 0 Å². The number of halogens is 1. The van der Waals surface area contributed by atoms with Gasteiger partial charge in [0.25, 0.3) is 5.91 Å². The van der Waals surface area contributed by atoms with E-state index in [0.29, 0.717) is 24.3 Å². The molecule has 5 nitrogen and oxygen atoms in total. The van der Waals surface area contributed by atoms with Crippen LogP contribution in [0.5, 0.6) is 0 Å². The van der Waals surface area contributed by atoms with Crippen LogP contribution in [0.3, 0.4) is 0 Å². The molecule has 0 bridgehead atoms. The molecule has 0 saturated heterocycles. The third-order valence-corrected chi connectivity index (χ3v) is 3.14. The van der Waals surface area contributed by atoms with Gasteiger partial charge in [-0.15, -0.1) is 0 Å². The number of nitrogen functional groups attached to an aromatic ring is 1. The van der Waals surface area contributed by atoms with Crippen LogP contribution in [0, 0.1) is 0 Å². The summed E-state index contributed by atoms with van der Waals surface area (Å²) in [7, 11) is 0. The van der Waals surface area contributed by atoms with Gasteiger partial charge in [0.1, 0.15) is 0 Å². The summed E-state index contributed by atoms with van der Waals surface area (Å²) < 4.78 is 2.49. The summed E-state index contributed by atoms with van der Waals surface area (Å²) in [6.45, 7) is 1.18. The quantitative estimate of drug-likeness (QED) is 0.844. The molecule has 94 valence electrons. The third-order valence-electron chi connectivity index (χ3n) is 2.45. The van der Waals surface area contributed by atoms with Crippen LogP contribution in [-0.2, 0) is 6.54 Å². The van der Waals surface area contributed by atoms with Crippen molar-refractivity contribution in [3.63, 3.8) is 0 Å². The second kappa shape index (κ2) is 5.68. The van der Waals surface area contributed by atoms with Crippen molar-refractivity contribution in [3.8, 4) is 0 Å². The van der Waals surface area contributed by atoms with Crippen LogP contribution in [0.2, 0.25) is 0 Å². The van der Waals surface area contributed by atoms with E-state index in [2.05, 4.69) is 26.3 Å². The topological polar surface area (TPSA) is 72.9 Å². The maximum absolute atomic E-state index is 11.8. The molecule has 0 spiro atoms. The number of nitrogens with one attached hydrogen (secondary N) is 1. The molecule has 0 aliphatic heterocycles. The molecule has 6 heteroatoms. The minimum absolute atomic E-state index is 0.122. The van der Waals surface area contributed by atoms with Crippen molar-refractivity contribution in [2.24, 2.45) is 0 Å². The molecule has 0 aliphatic rings. The van der Waals surface area contributed by atoms with E-state index in [4.69, 9.17) is 5.73 Å². The minimum atomic E-state index is -0.122. The number of nitrogens with two attached hydrogens (primary N) is 1. The van der Waals surface area contributed by atoms with Crippen LogP contribution in [0.1, 0.15) is 10.4 Å². The Bertz CT molecular complexity index is 539. The van der Waals surface area contributed by atoms with Gasteiger partial charge in [0.05, 0.1) is 6.54 Å². The Kier molecular flexibility index (Phi) is 3.99. The highest BCUT2D eigenvalue weighted by molar-refractivity contribution is 9.10. The summed E-state index contributed by atoms with van der Waals surface area (Å²) in [5, 5.41) is 6.88. The average molecular weight is 309 g/mol. The molecule has 1 aromatic heterocycles. The van der Waals surface area contributed by atoms with Crippen LogP contribution in [-0.4, -0.2) is 22.2 Å². The number of carbonyl (C=O) groups is 1. The molecule has 0 fully saturated rings. The molecule has 0 aliphatic carbocycles. The number of benzene rings is 1. The largest absolute Gasteiger partial charge is 0.398 e. The lowest BCUT2D eigenvalue weighted by Crippen LogP contribution is -2.27. The van der Waals surface area contributed by atoms with Gasteiger partial charge in [-0.2, -0.15) is 5.10 Å². The predicted molar refractivity (Wildman–Crippen MR) is 73.1 cm³/mol. The third kappa shape index (κ3) is 3.10. The first-order chi connectivity index (χ1) is 8.66. The van der Waals surface area contributed by atoms with Crippen LogP contribution in [0.25, 0.3) is 0 Å². The van der Waals surface area contributed by atoms with Crippen LogP contribution in [0.15, 0.2) is 41.1 Å². The number of anilines is 1. The lowest BCUT2D eigenvalue weighted by atomic mass is 10.2. The van der Waals surface area contributed by atoms with Gasteiger partial charge in [-0.1, -0.05) is 0 Å². The SMILES string of the molecule is Nc1ccc(C(=O)NCCn2cccn2)cc1Br. The van der Waals surface area contributed by atoms with E-state index in [1.807, 2.05) is 12.3 Å². The molecular formula is C12H13BrN4O. The Morgan fingerprint density at radius 3 is 3.00 bits per heavy atom. The second-order valence-corrected chi connectivity index (χ2v) is 4.62. The zero-order chi connectivity index (χ0) is 13.0. The van der Waals surface area contributed by atoms with Crippen LogP contribution >= 0.6 is 15.9 Å². The zero-order valence-corrected chi connectivity index (χ0v) is 11.2. The minimum Gasteiger partial charge on any atom is -0.398 e. The molecule has 2 rings (SSSR count). The molecule has 0 saturated carbocycles. The maximum atomic E-state index is 11.8. The summed E-state index contributed by atoms with van der Waals surface area (Å²) in [4.78, 5) is 11.8. The van der Waals surface area contributed by atoms with Crippen molar-refractivity contribution in [2.75, 3.05) is 12.3 Å². The van der Waals surface area contributed by atoms with Gasteiger partial charge in [-0.05, 0) is 40.2 Å². The van der Waals surface area contributed by atoms with Crippen LogP contribution in [0.4, 0.5) is 5.69 Å². The molecule has 18 heavy (non-hydrogen) atoms. The van der Waals surface area contributed by atoms with Crippen molar-refractivity contribution >= 4 is 27.5 Å². The highest BCUT2D eigenvalue weighted by Gasteiger charge is 2.06. The fourth-order valence-electron chi connectivity index (χ4n) is 1.49. The number of carbonyl (C=O) groups excluding carboxylic acids is 1. The smallest absolute Gasteiger partial charge is 0.251 e. The van der Waals surface area contributed by atoms with E-state index >= 15 is 0 Å². The molecule has 0 radical (unpaired) electrons. The van der Waals surface area contributed by atoms with E-state index in [1.165, 1.54) is 0 Å². The molecule has 0 atom stereocenters. The molecule has 0 unspecified atom stereocenters. The second-order valence-electron chi connectivity index (χ2n) is 3.76. The Hall–Kier alpha value is -1.82. The first-order valence-electron chi connectivity index (χ1n) is 5.47. The number of hydrogen-bond donors (Lipinski definition) is 2. The number of amides is 1. The molecule has 2 aromatic rings. The van der Waals surface area contributed by atoms with Crippen molar-refractivity contribution < 1.29 is 4.79 Å². The van der Waals surface area contributed by atoms with Crippen molar-refractivity contribution in [1.29, 1.82) is 0 Å². The Morgan fingerprint density at radius 1 is 1.50 bits per heavy atom. The summed E-state index contributed by atoms with van der Waals surface area (Å²) in [5.74, 6) is -0.122. The van der Waals surface area contributed by atoms with E-state index in [-0.39, 0.29) is 5.91 Å². The number of rotatable bonds is 4. The fourth-order valence-corrected chi connectivity index (χ4v) is 1.87. The van der Waals surface area contributed by atoms with Gasteiger partial charge in [0.15, 0.2) is 0 Å². The van der Waals surface area contributed by atoms with Gasteiger partial charge in [0, 0.05) is 34.7 Å². The van der Waals surface area contributed by atoms with Crippen molar-refractivity contribution in [3.05, 3.63) is 46.7 Å². The fraction of sp³-hybridized carbons (Fsp3) is 0.167. The van der Waals surface area contributed by atoms with Gasteiger partial charge in [-0.3, -0.25) is 9.48 Å². The summed E-state index contributed by atoms with van der Waals surface area (Å²) in [6.07, 6.45) is 3.56. The van der Waals surface area contributed by atoms with E-state index in [0.717, 1.165) is 4.47 Å². The first-order valence-corrected chi connectivity index (χ1v) is 6.27. The van der Waals surface area contributed by atoms with Crippen LogP contribution < -0.4 is 11.1 Å². The lowest BCUT2D eigenvalue weighted by molar-refractivity contribution is 0.0952. The Labute approximate surface area is 113 Å². The highest BCUT2D eigenvalue weighted by Crippen LogP contribution is 2.20. The highest BCUT2D eigenvalue weighted by atomic mass is 79.9. The van der Waals surface area contributed by atoms with Crippen molar-refractivity contribution in [2.45, 2.75) is 6.54 Å². The Morgan fingerprint density at radius 2 is 2.33 bits per heavy atom. The average Bonchev–Trinajstić information content (AvgIpc) is 2.85. The molecule has 1 amide bonds.